The molecule has 0 saturated carbocycles. The van der Waals surface area contributed by atoms with Crippen LogP contribution in [0.4, 0.5) is 0 Å². The van der Waals surface area contributed by atoms with Crippen LogP contribution in [0.15, 0.2) is 30.3 Å². The second-order valence-electron chi connectivity index (χ2n) is 5.01. The maximum atomic E-state index is 11.7. The minimum atomic E-state index is -2.52. The Kier molecular flexibility index (Phi) is 3.85. The predicted molar refractivity (Wildman–Crippen MR) is 82.1 cm³/mol. The van der Waals surface area contributed by atoms with Crippen molar-refractivity contribution in [3.63, 3.8) is 0 Å². The summed E-state index contributed by atoms with van der Waals surface area (Å²) in [5, 5.41) is 8.73. The van der Waals surface area contributed by atoms with Crippen molar-refractivity contribution in [2.75, 3.05) is 0 Å². The molecule has 8 heteroatoms. The Labute approximate surface area is 131 Å². The molecule has 1 aromatic carbocycles. The number of benzene rings is 1. The van der Waals surface area contributed by atoms with Crippen molar-refractivity contribution in [3.8, 4) is 10.6 Å². The van der Waals surface area contributed by atoms with Gasteiger partial charge < -0.3 is 9.31 Å². The molecule has 0 N–H and O–H groups in total. The Morgan fingerprint density at radius 2 is 1.68 bits per heavy atom. The first-order valence-electron chi connectivity index (χ1n) is 6.91. The third-order valence-electron chi connectivity index (χ3n) is 3.24. The van der Waals surface area contributed by atoms with Gasteiger partial charge in [-0.1, -0.05) is 30.3 Å². The van der Waals surface area contributed by atoms with Gasteiger partial charge >= 0.3 is 6.55 Å². The first-order valence-corrected chi connectivity index (χ1v) is 7.72. The summed E-state index contributed by atoms with van der Waals surface area (Å²) in [4.78, 5) is 23.7. The maximum Gasteiger partial charge on any atom is 0.611 e. The van der Waals surface area contributed by atoms with Gasteiger partial charge in [0.1, 0.15) is 9.91 Å². The number of carbonyl (C=O) groups is 2. The molecule has 0 atom stereocenters. The highest BCUT2D eigenvalue weighted by Crippen LogP contribution is 2.23. The average molecular weight is 316 g/mol. The molecule has 1 aliphatic rings. The van der Waals surface area contributed by atoms with E-state index in [0.29, 0.717) is 16.3 Å². The fraction of sp³-hybridized carbons (Fsp3) is 0.214. The van der Waals surface area contributed by atoms with Crippen molar-refractivity contribution >= 4 is 34.7 Å². The quantitative estimate of drug-likeness (QED) is 0.617. The highest BCUT2D eigenvalue weighted by atomic mass is 32.1. The zero-order valence-corrected chi connectivity index (χ0v) is 12.5. The standard InChI is InChI=1S/C14H13BN2O4S/c1-15(20-11(18)8-5-9-12(19)21-15)14-17-16-13(22-14)10-6-3-2-4-7-10/h2-4,6-7H,1,5,8-9H2. The van der Waals surface area contributed by atoms with Gasteiger partial charge in [-0.25, -0.2) is 0 Å². The SMILES string of the molecule is [CH2+][B-]1(c2nnc(-c3ccccc3)s2)OC(=O)CCCC(=O)O1. The lowest BCUT2D eigenvalue weighted by Gasteiger charge is -2.29. The minimum Gasteiger partial charge on any atom is -0.611 e. The summed E-state index contributed by atoms with van der Waals surface area (Å²) in [6.07, 6.45) is 0.742. The molecular weight excluding hydrogens is 303 g/mol. The number of carbonyl (C=O) groups excluding carboxylic acids is 2. The Morgan fingerprint density at radius 1 is 1.05 bits per heavy atom. The summed E-state index contributed by atoms with van der Waals surface area (Å²) in [6, 6.07) is 9.46. The van der Waals surface area contributed by atoms with Gasteiger partial charge in [0, 0.05) is 18.4 Å². The number of hydrogen-bond acceptors (Lipinski definition) is 7. The van der Waals surface area contributed by atoms with E-state index in [0.717, 1.165) is 5.56 Å². The van der Waals surface area contributed by atoms with Gasteiger partial charge in [0.25, 0.3) is 11.9 Å². The summed E-state index contributed by atoms with van der Waals surface area (Å²) in [5.74, 6) is -0.891. The summed E-state index contributed by atoms with van der Waals surface area (Å²) >= 11 is 1.20. The first kappa shape index (κ1) is 14.6. The molecule has 2 aromatic rings. The molecule has 0 aliphatic carbocycles. The van der Waals surface area contributed by atoms with Crippen molar-refractivity contribution in [2.45, 2.75) is 19.3 Å². The van der Waals surface area contributed by atoms with Crippen LogP contribution in [0.1, 0.15) is 19.3 Å². The topological polar surface area (TPSA) is 78.4 Å². The van der Waals surface area contributed by atoms with Gasteiger partial charge in [-0.2, -0.15) is 5.10 Å². The molecule has 6 nitrogen and oxygen atoms in total. The molecule has 1 aliphatic heterocycles. The van der Waals surface area contributed by atoms with Crippen LogP contribution < -0.4 is 4.91 Å². The molecule has 112 valence electrons. The van der Waals surface area contributed by atoms with E-state index in [9.17, 15) is 9.59 Å². The van der Waals surface area contributed by atoms with Crippen LogP contribution in [-0.4, -0.2) is 28.7 Å². The fourth-order valence-electron chi connectivity index (χ4n) is 2.15. The lowest BCUT2D eigenvalue weighted by molar-refractivity contribution is -0.143. The van der Waals surface area contributed by atoms with Gasteiger partial charge in [-0.15, -0.1) is 16.4 Å². The number of aromatic nitrogens is 2. The van der Waals surface area contributed by atoms with E-state index in [-0.39, 0.29) is 12.8 Å². The highest BCUT2D eigenvalue weighted by Gasteiger charge is 2.46. The summed E-state index contributed by atoms with van der Waals surface area (Å²) in [7, 11) is 0. The van der Waals surface area contributed by atoms with Crippen molar-refractivity contribution in [1.29, 1.82) is 0 Å². The molecule has 0 unspecified atom stereocenters. The fourth-order valence-corrected chi connectivity index (χ4v) is 3.05. The Balaban J connectivity index is 1.92. The average Bonchev–Trinajstić information content (AvgIpc) is 2.97. The van der Waals surface area contributed by atoms with E-state index in [1.165, 1.54) is 11.3 Å². The zero-order valence-electron chi connectivity index (χ0n) is 11.7. The van der Waals surface area contributed by atoms with Crippen molar-refractivity contribution < 1.29 is 18.9 Å². The lowest BCUT2D eigenvalue weighted by Crippen LogP contribution is -2.55. The molecule has 0 amide bonds. The van der Waals surface area contributed by atoms with Gasteiger partial charge in [-0.3, -0.25) is 9.59 Å². The van der Waals surface area contributed by atoms with Gasteiger partial charge in [0.15, 0.2) is 0 Å². The van der Waals surface area contributed by atoms with Crippen LogP contribution in [0.5, 0.6) is 0 Å². The molecule has 1 fully saturated rings. The largest absolute Gasteiger partial charge is 0.611 e. The van der Waals surface area contributed by atoms with E-state index >= 15 is 0 Å². The van der Waals surface area contributed by atoms with Crippen LogP contribution in [0.2, 0.25) is 0 Å². The van der Waals surface area contributed by atoms with Crippen LogP contribution in [-0.2, 0) is 18.9 Å². The van der Waals surface area contributed by atoms with Crippen LogP contribution in [0, 0.1) is 6.82 Å². The maximum absolute atomic E-state index is 11.7. The van der Waals surface area contributed by atoms with E-state index in [1.54, 1.807) is 0 Å². The molecule has 2 heterocycles. The smallest absolute Gasteiger partial charge is 0.611 e. The monoisotopic (exact) mass is 316 g/mol. The number of rotatable bonds is 2. The Morgan fingerprint density at radius 3 is 2.32 bits per heavy atom. The molecule has 0 bridgehead atoms. The normalized spacial score (nSPS) is 18.0. The Hall–Kier alpha value is -2.35. The molecule has 1 aromatic heterocycles. The minimum absolute atomic E-state index is 0.165. The summed E-state index contributed by atoms with van der Waals surface area (Å²) < 4.78 is 10.5. The van der Waals surface area contributed by atoms with E-state index in [2.05, 4.69) is 17.0 Å². The molecule has 1 saturated heterocycles. The zero-order chi connectivity index (χ0) is 15.6. The van der Waals surface area contributed by atoms with Crippen LogP contribution in [0.25, 0.3) is 10.6 Å². The van der Waals surface area contributed by atoms with Crippen molar-refractivity contribution in [2.24, 2.45) is 0 Å². The van der Waals surface area contributed by atoms with Gasteiger partial charge in [-0.05, 0) is 13.2 Å². The Bertz CT molecular complexity index is 686. The summed E-state index contributed by atoms with van der Waals surface area (Å²) in [5.41, 5.74) is 0.883. The number of hydrogen-bond donors (Lipinski definition) is 0. The molecule has 22 heavy (non-hydrogen) atoms. The molecule has 3 rings (SSSR count). The molecular formula is C14H13BN2O4S. The molecule has 0 spiro atoms. The highest BCUT2D eigenvalue weighted by molar-refractivity contribution is 7.27. The van der Waals surface area contributed by atoms with E-state index in [1.807, 2.05) is 30.3 Å². The third kappa shape index (κ3) is 2.96. The summed E-state index contributed by atoms with van der Waals surface area (Å²) in [6.45, 7) is 1.28. The second-order valence-corrected chi connectivity index (χ2v) is 6.02. The first-order chi connectivity index (χ1) is 10.6. The van der Waals surface area contributed by atoms with Gasteiger partial charge in [0.2, 0.25) is 0 Å². The van der Waals surface area contributed by atoms with E-state index < -0.39 is 18.5 Å². The predicted octanol–water partition coefficient (Wildman–Crippen LogP) is 1.50. The third-order valence-corrected chi connectivity index (χ3v) is 4.40. The van der Waals surface area contributed by atoms with E-state index in [4.69, 9.17) is 9.31 Å². The van der Waals surface area contributed by atoms with Crippen molar-refractivity contribution in [1.82, 2.24) is 10.2 Å². The van der Waals surface area contributed by atoms with Crippen LogP contribution in [0.3, 0.4) is 0 Å². The van der Waals surface area contributed by atoms with Crippen molar-refractivity contribution in [3.05, 3.63) is 37.2 Å². The lowest BCUT2D eigenvalue weighted by atomic mass is 9.60. The number of nitrogens with zero attached hydrogens (tertiary/aromatic N) is 2. The second kappa shape index (κ2) is 5.80. The van der Waals surface area contributed by atoms with Gasteiger partial charge in [0.05, 0.1) is 0 Å². The molecule has 0 radical (unpaired) electrons. The van der Waals surface area contributed by atoms with Crippen LogP contribution >= 0.6 is 11.3 Å².